The van der Waals surface area contributed by atoms with Crippen LogP contribution in [0.25, 0.3) is 0 Å². The van der Waals surface area contributed by atoms with E-state index in [0.29, 0.717) is 25.2 Å². The van der Waals surface area contributed by atoms with Gasteiger partial charge in [-0.05, 0) is 44.6 Å². The van der Waals surface area contributed by atoms with Crippen molar-refractivity contribution in [3.05, 3.63) is 35.9 Å². The Morgan fingerprint density at radius 2 is 1.41 bits per heavy atom. The lowest BCUT2D eigenvalue weighted by molar-refractivity contribution is -0.227. The predicted molar refractivity (Wildman–Crippen MR) is 157 cm³/mol. The Morgan fingerprint density at radius 1 is 0.821 bits per heavy atom. The lowest BCUT2D eigenvalue weighted by Crippen LogP contribution is -2.48. The van der Waals surface area contributed by atoms with Crippen LogP contribution < -0.4 is 0 Å². The molecule has 0 N–H and O–H groups in total. The predicted octanol–water partition coefficient (Wildman–Crippen LogP) is 8.44. The number of nitrogens with zero attached hydrogens (tertiary/aromatic N) is 2. The molecule has 0 heterocycles. The van der Waals surface area contributed by atoms with Crippen molar-refractivity contribution >= 4 is 12.1 Å². The first-order chi connectivity index (χ1) is 19.1. The van der Waals surface area contributed by atoms with Gasteiger partial charge in [0, 0.05) is 25.2 Å². The molecule has 1 aromatic rings. The Bertz CT molecular complexity index is 787. The fourth-order valence-electron chi connectivity index (χ4n) is 6.16. The van der Waals surface area contributed by atoms with Crippen LogP contribution in [0.3, 0.4) is 0 Å². The monoisotopic (exact) mass is 542 g/mol. The van der Waals surface area contributed by atoms with Crippen molar-refractivity contribution in [2.24, 2.45) is 5.92 Å². The van der Waals surface area contributed by atoms with Gasteiger partial charge in [-0.15, -0.1) is 5.06 Å². The number of benzene rings is 1. The van der Waals surface area contributed by atoms with Gasteiger partial charge in [0.1, 0.15) is 6.61 Å². The van der Waals surface area contributed by atoms with E-state index < -0.39 is 0 Å². The molecular weight excluding hydrogens is 488 g/mol. The summed E-state index contributed by atoms with van der Waals surface area (Å²) in [5.41, 5.74) is 0.959. The number of ether oxygens (including phenoxy) is 1. The van der Waals surface area contributed by atoms with Crippen LogP contribution in [0.2, 0.25) is 0 Å². The van der Waals surface area contributed by atoms with Gasteiger partial charge in [-0.3, -0.25) is 0 Å². The maximum absolute atomic E-state index is 13.8. The Hall–Kier alpha value is -2.08. The average Bonchev–Trinajstić information content (AvgIpc) is 2.99. The smallest absolute Gasteiger partial charge is 0.410 e. The van der Waals surface area contributed by atoms with E-state index in [9.17, 15) is 9.59 Å². The molecule has 2 aliphatic carbocycles. The molecule has 6 heteroatoms. The summed E-state index contributed by atoms with van der Waals surface area (Å²) in [4.78, 5) is 34.9. The number of hydrogen-bond donors (Lipinski definition) is 0. The zero-order chi connectivity index (χ0) is 27.7. The van der Waals surface area contributed by atoms with Gasteiger partial charge in [0.25, 0.3) is 0 Å². The third-order valence-electron chi connectivity index (χ3n) is 8.59. The number of rotatable bonds is 16. The normalized spacial score (nSPS) is 17.6. The van der Waals surface area contributed by atoms with Crippen molar-refractivity contribution in [2.45, 2.75) is 142 Å². The molecule has 2 saturated carbocycles. The molecule has 0 bridgehead atoms. The highest BCUT2D eigenvalue weighted by Gasteiger charge is 2.35. The summed E-state index contributed by atoms with van der Waals surface area (Å²) in [6.07, 6.45) is 19.3. The van der Waals surface area contributed by atoms with E-state index in [2.05, 4.69) is 12.0 Å². The maximum Gasteiger partial charge on any atom is 0.410 e. The second-order valence-corrected chi connectivity index (χ2v) is 11.7. The standard InChI is InChI=1S/C33H54N2O4/c1-3-5-6-7-8-14-21-29(26-34(4-2)33(37)38-27-28-19-12-9-13-20-28)32(36)39-35(30-22-15-10-16-23-30)31-24-17-11-18-25-31/h9,12-13,19-20,29-31H,3-8,10-11,14-18,21-27H2,1-2H3/t29-/m1/s1. The third-order valence-corrected chi connectivity index (χ3v) is 8.59. The van der Waals surface area contributed by atoms with E-state index in [1.807, 2.05) is 37.3 Å². The highest BCUT2D eigenvalue weighted by Crippen LogP contribution is 2.31. The number of hydroxylamine groups is 2. The first kappa shape index (κ1) is 31.4. The van der Waals surface area contributed by atoms with Crippen molar-refractivity contribution in [1.29, 1.82) is 0 Å². The number of hydrogen-bond acceptors (Lipinski definition) is 5. The quantitative estimate of drug-likeness (QED) is 0.155. The zero-order valence-corrected chi connectivity index (χ0v) is 24.8. The summed E-state index contributed by atoms with van der Waals surface area (Å²) < 4.78 is 5.63. The number of amides is 1. The Balaban J connectivity index is 1.65. The summed E-state index contributed by atoms with van der Waals surface area (Å²) in [5.74, 6) is -0.496. The van der Waals surface area contributed by atoms with Gasteiger partial charge in [-0.1, -0.05) is 114 Å². The second-order valence-electron chi connectivity index (χ2n) is 11.7. The molecule has 2 fully saturated rings. The molecule has 0 radical (unpaired) electrons. The minimum absolute atomic E-state index is 0.158. The minimum atomic E-state index is -0.362. The van der Waals surface area contributed by atoms with Crippen LogP contribution in [0.4, 0.5) is 4.79 Å². The number of carbonyl (C=O) groups is 2. The van der Waals surface area contributed by atoms with E-state index in [0.717, 1.165) is 50.5 Å². The first-order valence-corrected chi connectivity index (χ1v) is 16.1. The molecule has 0 spiro atoms. The van der Waals surface area contributed by atoms with Crippen LogP contribution in [0.5, 0.6) is 0 Å². The lowest BCUT2D eigenvalue weighted by Gasteiger charge is -2.40. The van der Waals surface area contributed by atoms with Crippen LogP contribution in [-0.2, 0) is 21.0 Å². The van der Waals surface area contributed by atoms with E-state index in [1.165, 1.54) is 64.2 Å². The molecular formula is C33H54N2O4. The molecule has 0 aliphatic heterocycles. The van der Waals surface area contributed by atoms with Crippen molar-refractivity contribution in [1.82, 2.24) is 9.96 Å². The van der Waals surface area contributed by atoms with Gasteiger partial charge in [-0.25, -0.2) is 9.59 Å². The topological polar surface area (TPSA) is 59.1 Å². The van der Waals surface area contributed by atoms with Gasteiger partial charge in [0.05, 0.1) is 5.92 Å². The minimum Gasteiger partial charge on any atom is -0.445 e. The first-order valence-electron chi connectivity index (χ1n) is 16.1. The van der Waals surface area contributed by atoms with Gasteiger partial charge in [-0.2, -0.15) is 0 Å². The molecule has 0 unspecified atom stereocenters. The van der Waals surface area contributed by atoms with Gasteiger partial charge in [0.2, 0.25) is 0 Å². The highest BCUT2D eigenvalue weighted by molar-refractivity contribution is 5.74. The summed E-state index contributed by atoms with van der Waals surface area (Å²) in [7, 11) is 0. The largest absolute Gasteiger partial charge is 0.445 e. The van der Waals surface area contributed by atoms with Crippen LogP contribution in [0.1, 0.15) is 129 Å². The third kappa shape index (κ3) is 11.1. The highest BCUT2D eigenvalue weighted by atomic mass is 16.7. The van der Waals surface area contributed by atoms with Crippen LogP contribution in [0.15, 0.2) is 30.3 Å². The van der Waals surface area contributed by atoms with Crippen LogP contribution in [0, 0.1) is 5.92 Å². The summed E-state index contributed by atoms with van der Waals surface area (Å²) in [5, 5.41) is 2.12. The Kier molecular flexibility index (Phi) is 14.8. The van der Waals surface area contributed by atoms with Crippen molar-refractivity contribution < 1.29 is 19.2 Å². The Labute approximate surface area is 237 Å². The van der Waals surface area contributed by atoms with Crippen molar-refractivity contribution in [3.63, 3.8) is 0 Å². The summed E-state index contributed by atoms with van der Waals surface area (Å²) in [6, 6.07) is 10.4. The molecule has 0 saturated heterocycles. The zero-order valence-electron chi connectivity index (χ0n) is 24.8. The molecule has 1 amide bonds. The average molecular weight is 543 g/mol. The SMILES string of the molecule is CCCCCCCC[C@H](CN(CC)C(=O)OCc1ccccc1)C(=O)ON(C1CCCCC1)C1CCCCC1. The van der Waals surface area contributed by atoms with Gasteiger partial charge >= 0.3 is 12.1 Å². The van der Waals surface area contributed by atoms with Crippen LogP contribution >= 0.6 is 0 Å². The molecule has 6 nitrogen and oxygen atoms in total. The van der Waals surface area contributed by atoms with Gasteiger partial charge in [0.15, 0.2) is 0 Å². The van der Waals surface area contributed by atoms with Crippen molar-refractivity contribution in [3.8, 4) is 0 Å². The second kappa shape index (κ2) is 18.3. The van der Waals surface area contributed by atoms with Crippen LogP contribution in [-0.4, -0.2) is 47.2 Å². The molecule has 39 heavy (non-hydrogen) atoms. The Morgan fingerprint density at radius 3 is 2.00 bits per heavy atom. The van der Waals surface area contributed by atoms with E-state index >= 15 is 0 Å². The van der Waals surface area contributed by atoms with E-state index in [-0.39, 0.29) is 24.6 Å². The number of carbonyl (C=O) groups excluding carboxylic acids is 2. The van der Waals surface area contributed by atoms with Crippen molar-refractivity contribution in [2.75, 3.05) is 13.1 Å². The van der Waals surface area contributed by atoms with E-state index in [4.69, 9.17) is 9.57 Å². The number of unbranched alkanes of at least 4 members (excludes halogenated alkanes) is 5. The summed E-state index contributed by atoms with van der Waals surface area (Å²) >= 11 is 0. The fraction of sp³-hybridized carbons (Fsp3) is 0.758. The molecule has 2 aliphatic rings. The van der Waals surface area contributed by atoms with Gasteiger partial charge < -0.3 is 14.5 Å². The maximum atomic E-state index is 13.8. The molecule has 3 rings (SSSR count). The lowest BCUT2D eigenvalue weighted by atomic mass is 9.90. The summed E-state index contributed by atoms with van der Waals surface area (Å²) in [6.45, 7) is 5.27. The molecule has 0 aromatic heterocycles. The molecule has 1 atom stereocenters. The fourth-order valence-corrected chi connectivity index (χ4v) is 6.16. The molecule has 220 valence electrons. The molecule has 1 aromatic carbocycles. The van der Waals surface area contributed by atoms with E-state index in [1.54, 1.807) is 4.90 Å².